The van der Waals surface area contributed by atoms with E-state index in [-0.39, 0.29) is 5.56 Å². The van der Waals surface area contributed by atoms with Crippen molar-refractivity contribution in [1.29, 1.82) is 0 Å². The van der Waals surface area contributed by atoms with Crippen LogP contribution in [-0.2, 0) is 7.05 Å². The highest BCUT2D eigenvalue weighted by atomic mass is 35.5. The van der Waals surface area contributed by atoms with E-state index in [0.29, 0.717) is 22.2 Å². The second-order valence-corrected chi connectivity index (χ2v) is 4.08. The van der Waals surface area contributed by atoms with Gasteiger partial charge in [0.25, 0.3) is 5.56 Å². The first kappa shape index (κ1) is 11.5. The van der Waals surface area contributed by atoms with Gasteiger partial charge in [-0.15, -0.1) is 0 Å². The Labute approximate surface area is 104 Å². The van der Waals surface area contributed by atoms with Crippen LogP contribution in [0.3, 0.4) is 0 Å². The maximum absolute atomic E-state index is 11.4. The van der Waals surface area contributed by atoms with E-state index in [4.69, 9.17) is 17.3 Å². The minimum Gasteiger partial charge on any atom is -0.399 e. The Bertz CT molecular complexity index is 607. The van der Waals surface area contributed by atoms with Crippen LogP contribution in [0, 0.1) is 0 Å². The third kappa shape index (κ3) is 2.42. The molecule has 2 aromatic rings. The second kappa shape index (κ2) is 4.51. The van der Waals surface area contributed by atoms with Crippen LogP contribution in [0.25, 0.3) is 0 Å². The number of aromatic nitrogens is 1. The van der Waals surface area contributed by atoms with Crippen molar-refractivity contribution in [2.75, 3.05) is 11.1 Å². The number of hydrogen-bond donors (Lipinski definition) is 2. The van der Waals surface area contributed by atoms with Gasteiger partial charge in [-0.05, 0) is 24.3 Å². The molecule has 88 valence electrons. The molecule has 0 spiro atoms. The first-order valence-corrected chi connectivity index (χ1v) is 5.44. The van der Waals surface area contributed by atoms with Crippen LogP contribution in [0.2, 0.25) is 5.02 Å². The zero-order chi connectivity index (χ0) is 12.4. The number of nitrogen functional groups attached to an aromatic ring is 1. The van der Waals surface area contributed by atoms with E-state index in [0.717, 1.165) is 0 Å². The van der Waals surface area contributed by atoms with Gasteiger partial charge in [0.2, 0.25) is 0 Å². The molecule has 0 fully saturated rings. The van der Waals surface area contributed by atoms with Crippen LogP contribution in [0.4, 0.5) is 17.2 Å². The molecular formula is C12H12ClN3O. The Morgan fingerprint density at radius 3 is 2.82 bits per heavy atom. The fourth-order valence-electron chi connectivity index (χ4n) is 1.47. The first-order chi connectivity index (χ1) is 8.08. The first-order valence-electron chi connectivity index (χ1n) is 5.06. The highest BCUT2D eigenvalue weighted by molar-refractivity contribution is 6.33. The summed E-state index contributed by atoms with van der Waals surface area (Å²) in [6.45, 7) is 0. The number of rotatable bonds is 2. The quantitative estimate of drug-likeness (QED) is 0.804. The average Bonchev–Trinajstić information content (AvgIpc) is 2.30. The summed E-state index contributed by atoms with van der Waals surface area (Å²) in [5, 5.41) is 3.62. The van der Waals surface area contributed by atoms with Gasteiger partial charge in [-0.3, -0.25) is 9.36 Å². The minimum absolute atomic E-state index is 0.0879. The minimum atomic E-state index is -0.0879. The molecule has 17 heavy (non-hydrogen) atoms. The Hall–Kier alpha value is -1.94. The lowest BCUT2D eigenvalue weighted by Gasteiger charge is -2.12. The van der Waals surface area contributed by atoms with Crippen molar-refractivity contribution < 1.29 is 0 Å². The van der Waals surface area contributed by atoms with Crippen LogP contribution in [0.15, 0.2) is 41.2 Å². The zero-order valence-corrected chi connectivity index (χ0v) is 10.0. The summed E-state index contributed by atoms with van der Waals surface area (Å²) < 4.78 is 1.50. The SMILES string of the molecule is Cn1c(Nc2cc(N)ccc2Cl)cccc1=O. The smallest absolute Gasteiger partial charge is 0.251 e. The highest BCUT2D eigenvalue weighted by Gasteiger charge is 2.03. The summed E-state index contributed by atoms with van der Waals surface area (Å²) in [4.78, 5) is 11.4. The third-order valence-electron chi connectivity index (χ3n) is 2.44. The molecule has 1 aromatic carbocycles. The van der Waals surface area contributed by atoms with Crippen LogP contribution in [0.1, 0.15) is 0 Å². The summed E-state index contributed by atoms with van der Waals surface area (Å²) in [6, 6.07) is 10.1. The van der Waals surface area contributed by atoms with Gasteiger partial charge in [-0.25, -0.2) is 0 Å². The number of halogens is 1. The molecule has 1 heterocycles. The van der Waals surface area contributed by atoms with Crippen molar-refractivity contribution >= 4 is 28.8 Å². The van der Waals surface area contributed by atoms with Gasteiger partial charge in [-0.2, -0.15) is 0 Å². The van der Waals surface area contributed by atoms with Crippen molar-refractivity contribution in [3.63, 3.8) is 0 Å². The predicted octanol–water partition coefficient (Wildman–Crippen LogP) is 2.36. The standard InChI is InChI=1S/C12H12ClN3O/c1-16-11(3-2-4-12(16)17)15-10-7-8(14)5-6-9(10)13/h2-7,15H,14H2,1H3. The molecule has 5 heteroatoms. The van der Waals surface area contributed by atoms with Gasteiger partial charge < -0.3 is 11.1 Å². The summed E-state index contributed by atoms with van der Waals surface area (Å²) in [5.41, 5.74) is 6.88. The lowest BCUT2D eigenvalue weighted by Crippen LogP contribution is -2.17. The molecule has 0 saturated heterocycles. The van der Waals surface area contributed by atoms with Gasteiger partial charge >= 0.3 is 0 Å². The number of pyridine rings is 1. The monoisotopic (exact) mass is 249 g/mol. The summed E-state index contributed by atoms with van der Waals surface area (Å²) >= 11 is 6.03. The number of nitrogens with zero attached hydrogens (tertiary/aromatic N) is 1. The number of anilines is 3. The van der Waals surface area contributed by atoms with Crippen molar-refractivity contribution in [2.45, 2.75) is 0 Å². The van der Waals surface area contributed by atoms with E-state index in [1.165, 1.54) is 10.6 Å². The van der Waals surface area contributed by atoms with Crippen LogP contribution >= 0.6 is 11.6 Å². The molecule has 4 nitrogen and oxygen atoms in total. The topological polar surface area (TPSA) is 60.1 Å². The van der Waals surface area contributed by atoms with E-state index in [1.807, 2.05) is 0 Å². The van der Waals surface area contributed by atoms with E-state index in [2.05, 4.69) is 5.32 Å². The molecule has 0 aliphatic rings. The zero-order valence-electron chi connectivity index (χ0n) is 9.27. The van der Waals surface area contributed by atoms with Crippen LogP contribution in [-0.4, -0.2) is 4.57 Å². The Morgan fingerprint density at radius 2 is 2.06 bits per heavy atom. The maximum Gasteiger partial charge on any atom is 0.251 e. The largest absolute Gasteiger partial charge is 0.399 e. The molecule has 0 bridgehead atoms. The fourth-order valence-corrected chi connectivity index (χ4v) is 1.63. The van der Waals surface area contributed by atoms with Crippen molar-refractivity contribution in [3.8, 4) is 0 Å². The second-order valence-electron chi connectivity index (χ2n) is 3.67. The number of nitrogens with one attached hydrogen (secondary N) is 1. The Kier molecular flexibility index (Phi) is 3.06. The third-order valence-corrected chi connectivity index (χ3v) is 2.77. The summed E-state index contributed by atoms with van der Waals surface area (Å²) in [7, 11) is 1.69. The summed E-state index contributed by atoms with van der Waals surface area (Å²) in [5.74, 6) is 0.657. The highest BCUT2D eigenvalue weighted by Crippen LogP contribution is 2.26. The molecule has 3 N–H and O–H groups in total. The van der Waals surface area contributed by atoms with E-state index >= 15 is 0 Å². The molecule has 0 saturated carbocycles. The van der Waals surface area contributed by atoms with E-state index in [9.17, 15) is 4.79 Å². The van der Waals surface area contributed by atoms with Gasteiger partial charge in [0, 0.05) is 18.8 Å². The molecule has 0 amide bonds. The number of nitrogens with two attached hydrogens (primary N) is 1. The summed E-state index contributed by atoms with van der Waals surface area (Å²) in [6.07, 6.45) is 0. The molecule has 1 aromatic heterocycles. The Morgan fingerprint density at radius 1 is 1.29 bits per heavy atom. The van der Waals surface area contributed by atoms with Crippen LogP contribution in [0.5, 0.6) is 0 Å². The molecular weight excluding hydrogens is 238 g/mol. The van der Waals surface area contributed by atoms with Crippen molar-refractivity contribution in [1.82, 2.24) is 4.57 Å². The molecule has 0 radical (unpaired) electrons. The molecule has 0 unspecified atom stereocenters. The average molecular weight is 250 g/mol. The molecule has 0 aliphatic heterocycles. The van der Waals surface area contributed by atoms with Crippen LogP contribution < -0.4 is 16.6 Å². The molecule has 0 atom stereocenters. The molecule has 2 rings (SSSR count). The predicted molar refractivity (Wildman–Crippen MR) is 70.8 cm³/mol. The Balaban J connectivity index is 2.41. The van der Waals surface area contributed by atoms with Gasteiger partial charge in [0.15, 0.2) is 0 Å². The van der Waals surface area contributed by atoms with Gasteiger partial charge in [-0.1, -0.05) is 17.7 Å². The van der Waals surface area contributed by atoms with E-state index in [1.54, 1.807) is 37.4 Å². The maximum atomic E-state index is 11.4. The van der Waals surface area contributed by atoms with Gasteiger partial charge in [0.05, 0.1) is 10.7 Å². The lowest BCUT2D eigenvalue weighted by atomic mass is 10.3. The molecule has 0 aliphatic carbocycles. The van der Waals surface area contributed by atoms with Gasteiger partial charge in [0.1, 0.15) is 5.82 Å². The van der Waals surface area contributed by atoms with Crippen molar-refractivity contribution in [3.05, 3.63) is 51.8 Å². The normalized spacial score (nSPS) is 10.2. The number of hydrogen-bond acceptors (Lipinski definition) is 3. The van der Waals surface area contributed by atoms with E-state index < -0.39 is 0 Å². The lowest BCUT2D eigenvalue weighted by molar-refractivity contribution is 0.871. The van der Waals surface area contributed by atoms with Crippen molar-refractivity contribution in [2.24, 2.45) is 7.05 Å². The fraction of sp³-hybridized carbons (Fsp3) is 0.0833. The number of benzene rings is 1.